The minimum absolute atomic E-state index is 0.0340. The Balaban J connectivity index is 2.49. The molecule has 0 amide bonds. The van der Waals surface area contributed by atoms with E-state index in [4.69, 9.17) is 19.9 Å². The number of hydrogen-bond donors (Lipinski definition) is 2. The van der Waals surface area contributed by atoms with E-state index in [-0.39, 0.29) is 5.78 Å². The molecule has 120 valence electrons. The first-order valence-corrected chi connectivity index (χ1v) is 7.77. The number of nitrogen functional groups attached to an aromatic ring is 1. The fraction of sp³-hybridized carbons (Fsp3) is 0.643. The summed E-state index contributed by atoms with van der Waals surface area (Å²) < 4.78 is 15.6. The Morgan fingerprint density at radius 3 is 2.67 bits per heavy atom. The average Bonchev–Trinajstić information content (AvgIpc) is 2.81. The Bertz CT molecular complexity index is 448. The van der Waals surface area contributed by atoms with Crippen molar-refractivity contribution in [3.05, 3.63) is 4.88 Å². The lowest BCUT2D eigenvalue weighted by Crippen LogP contribution is -2.08. The number of thiophene rings is 1. The van der Waals surface area contributed by atoms with E-state index in [1.165, 1.54) is 11.3 Å². The lowest BCUT2D eigenvalue weighted by molar-refractivity contribution is 0.0705. The standard InChI is InChI=1S/C14H24N2O4S/c1-4-10(17)13-11(15)12(19-3)14(21-13)16-6-5-7-20-9-8-18-2/h16H,4-9,15H2,1-3H3. The van der Waals surface area contributed by atoms with Gasteiger partial charge in [-0.1, -0.05) is 6.92 Å². The van der Waals surface area contributed by atoms with Crippen LogP contribution >= 0.6 is 11.3 Å². The molecule has 6 nitrogen and oxygen atoms in total. The van der Waals surface area contributed by atoms with Crippen LogP contribution in [0.15, 0.2) is 0 Å². The summed E-state index contributed by atoms with van der Waals surface area (Å²) in [5.41, 5.74) is 6.39. The fourth-order valence-corrected chi connectivity index (χ4v) is 2.86. The molecule has 0 bridgehead atoms. The SMILES string of the molecule is CCC(=O)c1sc(NCCCOCCOC)c(OC)c1N. The third kappa shape index (κ3) is 5.18. The molecule has 0 aliphatic rings. The van der Waals surface area contributed by atoms with Crippen LogP contribution in [0.3, 0.4) is 0 Å². The highest BCUT2D eigenvalue weighted by Gasteiger charge is 2.20. The van der Waals surface area contributed by atoms with Gasteiger partial charge >= 0.3 is 0 Å². The Morgan fingerprint density at radius 1 is 1.29 bits per heavy atom. The van der Waals surface area contributed by atoms with Crippen molar-refractivity contribution in [1.29, 1.82) is 0 Å². The van der Waals surface area contributed by atoms with Crippen molar-refractivity contribution in [3.63, 3.8) is 0 Å². The molecule has 0 spiro atoms. The van der Waals surface area contributed by atoms with Gasteiger partial charge in [0.25, 0.3) is 0 Å². The molecule has 0 radical (unpaired) electrons. The van der Waals surface area contributed by atoms with Crippen LogP contribution in [0.1, 0.15) is 29.4 Å². The highest BCUT2D eigenvalue weighted by Crippen LogP contribution is 2.42. The second kappa shape index (κ2) is 9.59. The van der Waals surface area contributed by atoms with E-state index in [1.807, 2.05) is 6.92 Å². The smallest absolute Gasteiger partial charge is 0.176 e. The number of nitrogens with one attached hydrogen (secondary N) is 1. The Kier molecular flexibility index (Phi) is 8.11. The van der Waals surface area contributed by atoms with Gasteiger partial charge in [-0.25, -0.2) is 0 Å². The number of hydrogen-bond acceptors (Lipinski definition) is 7. The zero-order valence-electron chi connectivity index (χ0n) is 12.9. The van der Waals surface area contributed by atoms with E-state index >= 15 is 0 Å². The molecule has 0 atom stereocenters. The summed E-state index contributed by atoms with van der Waals surface area (Å²) in [5.74, 6) is 0.587. The molecule has 0 saturated carbocycles. The number of Topliss-reactive ketones (excluding diaryl/α,β-unsaturated/α-hetero) is 1. The molecule has 0 unspecified atom stereocenters. The molecule has 0 aliphatic carbocycles. The molecular formula is C14H24N2O4S. The summed E-state index contributed by atoms with van der Waals surface area (Å²) in [6.45, 7) is 4.40. The Hall–Kier alpha value is -1.31. The lowest BCUT2D eigenvalue weighted by atomic mass is 10.2. The number of carbonyl (C=O) groups is 1. The van der Waals surface area contributed by atoms with Crippen molar-refractivity contribution >= 4 is 27.8 Å². The van der Waals surface area contributed by atoms with E-state index in [0.29, 0.717) is 42.6 Å². The van der Waals surface area contributed by atoms with Crippen molar-refractivity contribution in [3.8, 4) is 5.75 Å². The van der Waals surface area contributed by atoms with Gasteiger partial charge in [0, 0.05) is 26.7 Å². The molecule has 1 rings (SSSR count). The normalized spacial score (nSPS) is 10.6. The second-order valence-corrected chi connectivity index (χ2v) is 5.39. The van der Waals surface area contributed by atoms with Crippen LogP contribution in [0.2, 0.25) is 0 Å². The van der Waals surface area contributed by atoms with Crippen molar-refractivity contribution in [2.75, 3.05) is 51.6 Å². The summed E-state index contributed by atoms with van der Waals surface area (Å²) in [7, 11) is 3.20. The molecular weight excluding hydrogens is 292 g/mol. The lowest BCUT2D eigenvalue weighted by Gasteiger charge is -2.07. The molecule has 0 saturated heterocycles. The van der Waals surface area contributed by atoms with Crippen LogP contribution in [0.25, 0.3) is 0 Å². The first-order valence-electron chi connectivity index (χ1n) is 6.95. The van der Waals surface area contributed by atoms with Crippen molar-refractivity contribution in [2.45, 2.75) is 19.8 Å². The zero-order chi connectivity index (χ0) is 15.7. The second-order valence-electron chi connectivity index (χ2n) is 4.37. The van der Waals surface area contributed by atoms with Gasteiger partial charge in [-0.2, -0.15) is 0 Å². The third-order valence-corrected chi connectivity index (χ3v) is 4.05. The van der Waals surface area contributed by atoms with Crippen molar-refractivity contribution in [2.24, 2.45) is 0 Å². The van der Waals surface area contributed by atoms with Crippen LogP contribution in [-0.2, 0) is 9.47 Å². The number of nitrogens with two attached hydrogens (primary N) is 1. The largest absolute Gasteiger partial charge is 0.492 e. The monoisotopic (exact) mass is 316 g/mol. The van der Waals surface area contributed by atoms with Gasteiger partial charge in [0.15, 0.2) is 11.5 Å². The maximum atomic E-state index is 11.8. The number of ketones is 1. The molecule has 3 N–H and O–H groups in total. The number of anilines is 2. The van der Waals surface area contributed by atoms with E-state index in [2.05, 4.69) is 5.32 Å². The van der Waals surface area contributed by atoms with Gasteiger partial charge in [-0.15, -0.1) is 11.3 Å². The number of rotatable bonds is 11. The molecule has 21 heavy (non-hydrogen) atoms. The Labute approximate surface area is 129 Å². The maximum absolute atomic E-state index is 11.8. The van der Waals surface area contributed by atoms with Crippen molar-refractivity contribution < 1.29 is 19.0 Å². The van der Waals surface area contributed by atoms with Gasteiger partial charge in [-0.05, 0) is 6.42 Å². The molecule has 1 aromatic heterocycles. The third-order valence-electron chi connectivity index (χ3n) is 2.86. The minimum Gasteiger partial charge on any atom is -0.492 e. The quantitative estimate of drug-likeness (QED) is 0.482. The minimum atomic E-state index is 0.0340. The van der Waals surface area contributed by atoms with Crippen LogP contribution in [-0.4, -0.2) is 46.4 Å². The van der Waals surface area contributed by atoms with Crippen LogP contribution < -0.4 is 15.8 Å². The van der Waals surface area contributed by atoms with E-state index in [1.54, 1.807) is 14.2 Å². The van der Waals surface area contributed by atoms with Crippen LogP contribution in [0.4, 0.5) is 10.7 Å². The van der Waals surface area contributed by atoms with Gasteiger partial charge in [-0.3, -0.25) is 4.79 Å². The summed E-state index contributed by atoms with van der Waals surface area (Å²) in [4.78, 5) is 12.4. The van der Waals surface area contributed by atoms with Gasteiger partial charge in [0.1, 0.15) is 5.00 Å². The first-order chi connectivity index (χ1) is 10.2. The van der Waals surface area contributed by atoms with E-state index in [0.717, 1.165) is 18.0 Å². The summed E-state index contributed by atoms with van der Waals surface area (Å²) >= 11 is 1.34. The highest BCUT2D eigenvalue weighted by atomic mass is 32.1. The molecule has 0 aromatic carbocycles. The molecule has 0 fully saturated rings. The van der Waals surface area contributed by atoms with Gasteiger partial charge in [0.2, 0.25) is 0 Å². The van der Waals surface area contributed by atoms with Gasteiger partial charge < -0.3 is 25.3 Å². The topological polar surface area (TPSA) is 82.8 Å². The van der Waals surface area contributed by atoms with Gasteiger partial charge in [0.05, 0.1) is 30.9 Å². The first kappa shape index (κ1) is 17.7. The van der Waals surface area contributed by atoms with Crippen molar-refractivity contribution in [1.82, 2.24) is 0 Å². The van der Waals surface area contributed by atoms with E-state index in [9.17, 15) is 4.79 Å². The predicted molar refractivity (Wildman–Crippen MR) is 85.7 cm³/mol. The Morgan fingerprint density at radius 2 is 2.05 bits per heavy atom. The molecule has 1 heterocycles. The summed E-state index contributed by atoms with van der Waals surface area (Å²) in [6.07, 6.45) is 1.28. The fourth-order valence-electron chi connectivity index (χ4n) is 1.74. The van der Waals surface area contributed by atoms with Crippen LogP contribution in [0.5, 0.6) is 5.75 Å². The zero-order valence-corrected chi connectivity index (χ0v) is 13.7. The van der Waals surface area contributed by atoms with Crippen LogP contribution in [0, 0.1) is 0 Å². The highest BCUT2D eigenvalue weighted by molar-refractivity contribution is 7.19. The predicted octanol–water partition coefficient (Wildman–Crippen LogP) is 2.40. The molecule has 7 heteroatoms. The number of carbonyl (C=O) groups excluding carboxylic acids is 1. The number of ether oxygens (including phenoxy) is 3. The average molecular weight is 316 g/mol. The summed E-state index contributed by atoms with van der Waals surface area (Å²) in [5, 5.41) is 4.04. The van der Waals surface area contributed by atoms with E-state index < -0.39 is 0 Å². The maximum Gasteiger partial charge on any atom is 0.176 e. The summed E-state index contributed by atoms with van der Waals surface area (Å²) in [6, 6.07) is 0. The number of methoxy groups -OCH3 is 2. The molecule has 0 aliphatic heterocycles. The molecule has 1 aromatic rings.